The van der Waals surface area contributed by atoms with E-state index in [0.29, 0.717) is 27.5 Å². The second-order valence-corrected chi connectivity index (χ2v) is 11.2. The Bertz CT molecular complexity index is 1320. The summed E-state index contributed by atoms with van der Waals surface area (Å²) in [5.74, 6) is 2.38. The van der Waals surface area contributed by atoms with Crippen molar-refractivity contribution in [1.29, 1.82) is 0 Å². The molecule has 0 radical (unpaired) electrons. The molecule has 1 heterocycles. The van der Waals surface area contributed by atoms with E-state index in [0.717, 1.165) is 42.7 Å². The molecule has 4 aliphatic carbocycles. The van der Waals surface area contributed by atoms with E-state index in [4.69, 9.17) is 11.6 Å². The lowest BCUT2D eigenvalue weighted by Crippen LogP contribution is -2.59. The number of aromatic amines is 1. The van der Waals surface area contributed by atoms with Crippen molar-refractivity contribution in [3.05, 3.63) is 80.7 Å². The van der Waals surface area contributed by atoms with E-state index in [1.807, 2.05) is 31.2 Å². The number of rotatable bonds is 5. The van der Waals surface area contributed by atoms with Gasteiger partial charge in [0.1, 0.15) is 0 Å². The lowest BCUT2D eigenvalue weighted by atomic mass is 9.53. The fourth-order valence-electron chi connectivity index (χ4n) is 6.90. The Kier molecular flexibility index (Phi) is 5.44. The van der Waals surface area contributed by atoms with E-state index in [2.05, 4.69) is 15.4 Å². The number of hydrogen-bond donors (Lipinski definition) is 2. The number of carbonyl (C=O) groups is 1. The maximum absolute atomic E-state index is 13.1. The van der Waals surface area contributed by atoms with Gasteiger partial charge in [-0.05, 0) is 112 Å². The molecular weight excluding hydrogens is 460 g/mol. The van der Waals surface area contributed by atoms with Crippen LogP contribution >= 0.6 is 11.6 Å². The van der Waals surface area contributed by atoms with Gasteiger partial charge in [0.25, 0.3) is 11.5 Å². The molecular formula is C28H29ClN4O2. The summed E-state index contributed by atoms with van der Waals surface area (Å²) < 4.78 is 1.48. The Morgan fingerprint density at radius 2 is 1.63 bits per heavy atom. The monoisotopic (exact) mass is 488 g/mol. The zero-order valence-electron chi connectivity index (χ0n) is 19.8. The molecule has 6 nitrogen and oxygen atoms in total. The van der Waals surface area contributed by atoms with Crippen LogP contribution in [0.2, 0.25) is 5.02 Å². The van der Waals surface area contributed by atoms with Crippen LogP contribution < -0.4 is 10.9 Å². The number of nitrogens with zero attached hydrogens (tertiary/aromatic N) is 2. The van der Waals surface area contributed by atoms with Gasteiger partial charge in [0.2, 0.25) is 0 Å². The van der Waals surface area contributed by atoms with Crippen molar-refractivity contribution >= 4 is 29.4 Å². The summed E-state index contributed by atoms with van der Waals surface area (Å²) in [5, 5.41) is 7.12. The van der Waals surface area contributed by atoms with Crippen molar-refractivity contribution in [3.8, 4) is 5.69 Å². The summed E-state index contributed by atoms with van der Waals surface area (Å²) in [6, 6.07) is 14.3. The number of benzene rings is 2. The number of carbonyl (C=O) groups excluding carboxylic acids is 1. The van der Waals surface area contributed by atoms with Crippen LogP contribution in [-0.2, 0) is 0 Å². The van der Waals surface area contributed by atoms with Gasteiger partial charge in [-0.2, -0.15) is 0 Å². The lowest BCUT2D eigenvalue weighted by Gasteiger charge is -2.56. The summed E-state index contributed by atoms with van der Waals surface area (Å²) in [5.41, 5.74) is 3.08. The minimum atomic E-state index is -0.180. The highest BCUT2D eigenvalue weighted by Crippen LogP contribution is 2.55. The molecule has 180 valence electrons. The Labute approximate surface area is 209 Å². The topological polar surface area (TPSA) is 79.2 Å². The standard InChI is InChI=1S/C28H29ClN4O2/c1-17-25(27(35)33(32-17)24-8-4-22(29)5-9-24)16-30-23-6-2-21(3-7-23)26(34)31-28-13-18-10-19(14-28)12-20(11-18)15-28/h2-9,16,18-20,32H,10-15H2,1H3,(H,31,34). The SMILES string of the molecule is Cc1[nH]n(-c2ccc(Cl)cc2)c(=O)c1C=Nc1ccc(C(=O)NC23CC4CC(CC(C4)C2)C3)cc1. The van der Waals surface area contributed by atoms with E-state index in [-0.39, 0.29) is 17.0 Å². The van der Waals surface area contributed by atoms with Crippen LogP contribution in [-0.4, -0.2) is 27.4 Å². The number of nitrogens with one attached hydrogen (secondary N) is 2. The summed E-state index contributed by atoms with van der Waals surface area (Å²) in [4.78, 5) is 30.4. The minimum Gasteiger partial charge on any atom is -0.347 e. The number of halogens is 1. The smallest absolute Gasteiger partial charge is 0.280 e. The summed E-state index contributed by atoms with van der Waals surface area (Å²) in [6.45, 7) is 1.84. The largest absolute Gasteiger partial charge is 0.347 e. The first kappa shape index (κ1) is 22.4. The molecule has 3 aromatic rings. The van der Waals surface area contributed by atoms with E-state index in [1.54, 1.807) is 30.5 Å². The van der Waals surface area contributed by atoms with E-state index in [1.165, 1.54) is 23.9 Å². The number of aryl methyl sites for hydroxylation is 1. The third kappa shape index (κ3) is 4.25. The van der Waals surface area contributed by atoms with Crippen LogP contribution in [0.4, 0.5) is 5.69 Å². The van der Waals surface area contributed by atoms with Crippen LogP contribution in [0.15, 0.2) is 58.3 Å². The van der Waals surface area contributed by atoms with Gasteiger partial charge in [0.05, 0.1) is 16.9 Å². The molecule has 7 rings (SSSR count). The second kappa shape index (κ2) is 8.52. The van der Waals surface area contributed by atoms with E-state index in [9.17, 15) is 9.59 Å². The van der Waals surface area contributed by atoms with Crippen LogP contribution in [0.3, 0.4) is 0 Å². The van der Waals surface area contributed by atoms with Gasteiger partial charge in [-0.3, -0.25) is 19.7 Å². The predicted octanol–water partition coefficient (Wildman–Crippen LogP) is 5.58. The van der Waals surface area contributed by atoms with E-state index >= 15 is 0 Å². The van der Waals surface area contributed by atoms with Crippen molar-refractivity contribution in [2.45, 2.75) is 51.0 Å². The Morgan fingerprint density at radius 1 is 1.03 bits per heavy atom. The molecule has 2 N–H and O–H groups in total. The second-order valence-electron chi connectivity index (χ2n) is 10.7. The fourth-order valence-corrected chi connectivity index (χ4v) is 7.02. The normalized spacial score (nSPS) is 27.0. The highest BCUT2D eigenvalue weighted by atomic mass is 35.5. The molecule has 2 aromatic carbocycles. The molecule has 4 fully saturated rings. The molecule has 4 saturated carbocycles. The van der Waals surface area contributed by atoms with Gasteiger partial charge in [-0.1, -0.05) is 11.6 Å². The number of H-pyrrole nitrogens is 1. The van der Waals surface area contributed by atoms with Crippen molar-refractivity contribution in [3.63, 3.8) is 0 Å². The van der Waals surface area contributed by atoms with Crippen molar-refractivity contribution in [2.75, 3.05) is 0 Å². The van der Waals surface area contributed by atoms with Crippen LogP contribution in [0.5, 0.6) is 0 Å². The maximum Gasteiger partial charge on any atom is 0.280 e. The Balaban J connectivity index is 1.16. The van der Waals surface area contributed by atoms with Crippen molar-refractivity contribution in [2.24, 2.45) is 22.7 Å². The highest BCUT2D eigenvalue weighted by Gasteiger charge is 2.51. The number of amides is 1. The lowest BCUT2D eigenvalue weighted by molar-refractivity contribution is -0.0167. The van der Waals surface area contributed by atoms with Gasteiger partial charge in [-0.25, -0.2) is 4.68 Å². The Hall–Kier alpha value is -3.12. The average Bonchev–Trinajstić information content (AvgIpc) is 3.10. The first-order valence-corrected chi connectivity index (χ1v) is 12.8. The van der Waals surface area contributed by atoms with Gasteiger partial charge >= 0.3 is 0 Å². The molecule has 1 amide bonds. The van der Waals surface area contributed by atoms with Gasteiger partial charge in [-0.15, -0.1) is 0 Å². The van der Waals surface area contributed by atoms with Crippen LogP contribution in [0.25, 0.3) is 5.69 Å². The molecule has 0 atom stereocenters. The van der Waals surface area contributed by atoms with E-state index < -0.39 is 0 Å². The molecule has 0 spiro atoms. The summed E-state index contributed by atoms with van der Waals surface area (Å²) in [6.07, 6.45) is 9.04. The molecule has 0 saturated heterocycles. The molecule has 4 aliphatic rings. The molecule has 0 aliphatic heterocycles. The van der Waals surface area contributed by atoms with Crippen molar-refractivity contribution in [1.82, 2.24) is 15.1 Å². The minimum absolute atomic E-state index is 0.00153. The Morgan fingerprint density at radius 3 is 2.23 bits per heavy atom. The zero-order valence-corrected chi connectivity index (χ0v) is 20.5. The molecule has 7 heteroatoms. The first-order valence-electron chi connectivity index (χ1n) is 12.4. The first-order chi connectivity index (χ1) is 16.9. The predicted molar refractivity (Wildman–Crippen MR) is 138 cm³/mol. The third-order valence-corrected chi connectivity index (χ3v) is 8.34. The highest BCUT2D eigenvalue weighted by molar-refractivity contribution is 6.30. The molecule has 0 unspecified atom stereocenters. The van der Waals surface area contributed by atoms with Crippen molar-refractivity contribution < 1.29 is 4.79 Å². The fraction of sp³-hybridized carbons (Fsp3) is 0.393. The summed E-state index contributed by atoms with van der Waals surface area (Å²) in [7, 11) is 0. The maximum atomic E-state index is 13.1. The number of aliphatic imine (C=N–C) groups is 1. The number of aromatic nitrogens is 2. The third-order valence-electron chi connectivity index (χ3n) is 8.09. The molecule has 35 heavy (non-hydrogen) atoms. The molecule has 4 bridgehead atoms. The average molecular weight is 489 g/mol. The summed E-state index contributed by atoms with van der Waals surface area (Å²) >= 11 is 5.96. The van der Waals surface area contributed by atoms with Crippen LogP contribution in [0, 0.1) is 24.7 Å². The van der Waals surface area contributed by atoms with Gasteiger partial charge in [0.15, 0.2) is 0 Å². The van der Waals surface area contributed by atoms with Gasteiger partial charge in [0, 0.05) is 28.0 Å². The van der Waals surface area contributed by atoms with Crippen LogP contribution in [0.1, 0.15) is 60.1 Å². The van der Waals surface area contributed by atoms with Gasteiger partial charge < -0.3 is 5.32 Å². The zero-order chi connectivity index (χ0) is 24.2. The number of hydrogen-bond acceptors (Lipinski definition) is 3. The quantitative estimate of drug-likeness (QED) is 0.460. The molecule has 1 aromatic heterocycles.